The third kappa shape index (κ3) is 4.33. The minimum absolute atomic E-state index is 0.0804. The van der Waals surface area contributed by atoms with Crippen LogP contribution in [0.4, 0.5) is 0 Å². The molecule has 0 aliphatic rings. The number of hydrogen-bond acceptors (Lipinski definition) is 3. The van der Waals surface area contributed by atoms with Crippen molar-refractivity contribution in [3.63, 3.8) is 0 Å². The van der Waals surface area contributed by atoms with E-state index in [0.717, 1.165) is 4.47 Å². The number of nitrogens with zero attached hydrogens (tertiary/aromatic N) is 1. The van der Waals surface area contributed by atoms with Crippen molar-refractivity contribution in [1.82, 2.24) is 4.90 Å². The van der Waals surface area contributed by atoms with Gasteiger partial charge in [0.05, 0.1) is 11.7 Å². The molecule has 5 heteroatoms. The van der Waals surface area contributed by atoms with Crippen molar-refractivity contribution in [2.45, 2.75) is 24.3 Å². The van der Waals surface area contributed by atoms with E-state index in [-0.39, 0.29) is 5.91 Å². The Morgan fingerprint density at radius 1 is 1.59 bits per heavy atom. The first kappa shape index (κ1) is 14.5. The number of amides is 1. The Kier molecular flexibility index (Phi) is 5.49. The van der Waals surface area contributed by atoms with Crippen molar-refractivity contribution in [2.75, 3.05) is 13.6 Å². The molecule has 0 aliphatic heterocycles. The molecular weight excluding hydrogens is 302 g/mol. The Hall–Kier alpha value is -0.520. The summed E-state index contributed by atoms with van der Waals surface area (Å²) in [5, 5.41) is 9.19. The number of aliphatic hydroxyl groups is 1. The van der Waals surface area contributed by atoms with Crippen LogP contribution >= 0.6 is 28.6 Å². The lowest BCUT2D eigenvalue weighted by molar-refractivity contribution is 0.0765. The monoisotopic (exact) mass is 317 g/mol. The van der Waals surface area contributed by atoms with Gasteiger partial charge in [0.2, 0.25) is 0 Å². The van der Waals surface area contributed by atoms with Gasteiger partial charge in [-0.15, -0.1) is 12.6 Å². The molecule has 17 heavy (non-hydrogen) atoms. The number of hydrogen-bond donors (Lipinski definition) is 2. The molecule has 1 aromatic carbocycles. The number of benzene rings is 1. The van der Waals surface area contributed by atoms with Crippen LogP contribution < -0.4 is 0 Å². The summed E-state index contributed by atoms with van der Waals surface area (Å²) in [6.07, 6.45) is 0.173. The van der Waals surface area contributed by atoms with E-state index in [4.69, 9.17) is 0 Å². The van der Waals surface area contributed by atoms with E-state index in [0.29, 0.717) is 23.4 Å². The van der Waals surface area contributed by atoms with Crippen LogP contribution in [0.1, 0.15) is 23.7 Å². The highest BCUT2D eigenvalue weighted by atomic mass is 79.9. The summed E-state index contributed by atoms with van der Waals surface area (Å²) in [4.78, 5) is 14.3. The molecule has 0 spiro atoms. The number of carbonyl (C=O) groups excluding carboxylic acids is 1. The molecule has 3 nitrogen and oxygen atoms in total. The maximum Gasteiger partial charge on any atom is 0.254 e. The summed E-state index contributed by atoms with van der Waals surface area (Å²) in [5.74, 6) is -0.0804. The fraction of sp³-hybridized carbons (Fsp3) is 0.417. The molecular formula is C12H16BrNO2S. The molecule has 1 unspecified atom stereocenters. The molecule has 1 rings (SSSR count). The van der Waals surface area contributed by atoms with E-state index in [2.05, 4.69) is 28.6 Å². The lowest BCUT2D eigenvalue weighted by atomic mass is 10.2. The number of thiol groups is 1. The molecule has 0 fully saturated rings. The summed E-state index contributed by atoms with van der Waals surface area (Å²) >= 11 is 7.61. The quantitative estimate of drug-likeness (QED) is 0.838. The molecule has 0 aromatic heterocycles. The normalized spacial score (nSPS) is 12.3. The number of rotatable bonds is 4. The van der Waals surface area contributed by atoms with Crippen LogP contribution in [0.5, 0.6) is 0 Å². The van der Waals surface area contributed by atoms with Crippen molar-refractivity contribution >= 4 is 34.5 Å². The second-order valence-corrected chi connectivity index (χ2v) is 5.42. The molecule has 0 radical (unpaired) electrons. The lowest BCUT2D eigenvalue weighted by Gasteiger charge is -2.19. The predicted molar refractivity (Wildman–Crippen MR) is 74.7 cm³/mol. The van der Waals surface area contributed by atoms with Gasteiger partial charge in [0.1, 0.15) is 0 Å². The Bertz CT molecular complexity index is 409. The summed E-state index contributed by atoms with van der Waals surface area (Å²) in [5.41, 5.74) is 0.574. The van der Waals surface area contributed by atoms with Crippen LogP contribution in [0, 0.1) is 0 Å². The predicted octanol–water partition coefficient (Wildman–Crippen LogP) is 2.58. The van der Waals surface area contributed by atoms with Gasteiger partial charge in [0, 0.05) is 23.0 Å². The van der Waals surface area contributed by atoms with E-state index >= 15 is 0 Å². The Labute approximate surface area is 115 Å². The molecule has 0 bridgehead atoms. The molecule has 94 valence electrons. The van der Waals surface area contributed by atoms with E-state index < -0.39 is 6.10 Å². The lowest BCUT2D eigenvalue weighted by Crippen LogP contribution is -2.29. The van der Waals surface area contributed by atoms with Crippen LogP contribution in [0.15, 0.2) is 27.6 Å². The van der Waals surface area contributed by atoms with Crippen molar-refractivity contribution in [2.24, 2.45) is 0 Å². The number of carbonyl (C=O) groups is 1. The third-order valence-corrected chi connectivity index (χ3v) is 3.28. The van der Waals surface area contributed by atoms with Gasteiger partial charge >= 0.3 is 0 Å². The third-order valence-electron chi connectivity index (χ3n) is 2.42. The summed E-state index contributed by atoms with van der Waals surface area (Å²) in [7, 11) is 1.72. The SMILES string of the molecule is CC(O)CCN(C)C(=O)c1ccc(Br)cc1S. The zero-order valence-corrected chi connectivity index (χ0v) is 12.3. The summed E-state index contributed by atoms with van der Waals surface area (Å²) < 4.78 is 0.894. The van der Waals surface area contributed by atoms with E-state index in [1.807, 2.05) is 6.07 Å². The maximum absolute atomic E-state index is 12.1. The first-order valence-electron chi connectivity index (χ1n) is 5.34. The maximum atomic E-state index is 12.1. The van der Waals surface area contributed by atoms with Crippen LogP contribution in [-0.2, 0) is 0 Å². The van der Waals surface area contributed by atoms with Gasteiger partial charge in [-0.05, 0) is 31.5 Å². The highest BCUT2D eigenvalue weighted by molar-refractivity contribution is 9.10. The Morgan fingerprint density at radius 3 is 2.76 bits per heavy atom. The summed E-state index contributed by atoms with van der Waals surface area (Å²) in [6, 6.07) is 5.35. The highest BCUT2D eigenvalue weighted by Gasteiger charge is 2.14. The Morgan fingerprint density at radius 2 is 2.24 bits per heavy atom. The van der Waals surface area contributed by atoms with Crippen molar-refractivity contribution in [3.8, 4) is 0 Å². The van der Waals surface area contributed by atoms with Crippen molar-refractivity contribution in [3.05, 3.63) is 28.2 Å². The molecule has 0 aliphatic carbocycles. The summed E-state index contributed by atoms with van der Waals surface area (Å²) in [6.45, 7) is 2.24. The fourth-order valence-corrected chi connectivity index (χ4v) is 2.22. The first-order valence-corrected chi connectivity index (χ1v) is 6.58. The highest BCUT2D eigenvalue weighted by Crippen LogP contribution is 2.21. The minimum atomic E-state index is -0.398. The molecule has 1 atom stereocenters. The number of halogens is 1. The molecule has 0 saturated heterocycles. The number of aliphatic hydroxyl groups excluding tert-OH is 1. The fourth-order valence-electron chi connectivity index (χ4n) is 1.37. The molecule has 0 saturated carbocycles. The molecule has 1 N–H and O–H groups in total. The van der Waals surface area contributed by atoms with Crippen molar-refractivity contribution in [1.29, 1.82) is 0 Å². The first-order chi connectivity index (χ1) is 7.91. The van der Waals surface area contributed by atoms with Gasteiger partial charge in [-0.2, -0.15) is 0 Å². The topological polar surface area (TPSA) is 40.5 Å². The smallest absolute Gasteiger partial charge is 0.254 e. The van der Waals surface area contributed by atoms with E-state index in [1.54, 1.807) is 31.0 Å². The van der Waals surface area contributed by atoms with Gasteiger partial charge in [0.15, 0.2) is 0 Å². The van der Waals surface area contributed by atoms with E-state index in [9.17, 15) is 9.90 Å². The average Bonchev–Trinajstić information content (AvgIpc) is 2.25. The van der Waals surface area contributed by atoms with Gasteiger partial charge in [-0.25, -0.2) is 0 Å². The van der Waals surface area contributed by atoms with Crippen LogP contribution in [0.2, 0.25) is 0 Å². The van der Waals surface area contributed by atoms with Gasteiger partial charge < -0.3 is 10.0 Å². The van der Waals surface area contributed by atoms with Gasteiger partial charge in [-0.1, -0.05) is 15.9 Å². The van der Waals surface area contributed by atoms with Crippen LogP contribution in [-0.4, -0.2) is 35.6 Å². The second-order valence-electron chi connectivity index (χ2n) is 4.03. The standard InChI is InChI=1S/C12H16BrNO2S/c1-8(15)5-6-14(2)12(16)10-4-3-9(13)7-11(10)17/h3-4,7-8,15,17H,5-6H2,1-2H3. The van der Waals surface area contributed by atoms with Gasteiger partial charge in [0.25, 0.3) is 5.91 Å². The minimum Gasteiger partial charge on any atom is -0.393 e. The van der Waals surface area contributed by atoms with Crippen molar-refractivity contribution < 1.29 is 9.90 Å². The Balaban J connectivity index is 2.75. The zero-order valence-electron chi connectivity index (χ0n) is 9.85. The zero-order chi connectivity index (χ0) is 13.0. The second kappa shape index (κ2) is 6.42. The largest absolute Gasteiger partial charge is 0.393 e. The molecule has 1 aromatic rings. The van der Waals surface area contributed by atoms with Crippen LogP contribution in [0.25, 0.3) is 0 Å². The average molecular weight is 318 g/mol. The van der Waals surface area contributed by atoms with Gasteiger partial charge in [-0.3, -0.25) is 4.79 Å². The molecule has 1 amide bonds. The molecule has 0 heterocycles. The van der Waals surface area contributed by atoms with Crippen LogP contribution in [0.3, 0.4) is 0 Å². The van der Waals surface area contributed by atoms with E-state index in [1.165, 1.54) is 0 Å².